The average Bonchev–Trinajstić information content (AvgIpc) is 3.16. The molecule has 0 saturated heterocycles. The number of pyridine rings is 3. The molecule has 0 unspecified atom stereocenters. The Morgan fingerprint density at radius 3 is 2.58 bits per heavy atom. The van der Waals surface area contributed by atoms with Gasteiger partial charge in [-0.1, -0.05) is 0 Å². The molecule has 4 aromatic heterocycles. The molecule has 156 valence electrons. The van der Waals surface area contributed by atoms with Gasteiger partial charge in [0.05, 0.1) is 6.20 Å². The Kier molecular flexibility index (Phi) is 5.43. The van der Waals surface area contributed by atoms with Crippen LogP contribution in [0.4, 0.5) is 17.5 Å². The van der Waals surface area contributed by atoms with Crippen molar-refractivity contribution in [2.24, 2.45) is 14.1 Å². The highest BCUT2D eigenvalue weighted by atomic mass is 16.5. The van der Waals surface area contributed by atoms with E-state index in [1.807, 2.05) is 19.3 Å². The summed E-state index contributed by atoms with van der Waals surface area (Å²) < 4.78 is 8.83. The molecular weight excluding hydrogens is 398 g/mol. The van der Waals surface area contributed by atoms with Crippen molar-refractivity contribution in [3.63, 3.8) is 0 Å². The molecule has 0 aliphatic heterocycles. The molecule has 0 aliphatic carbocycles. The molecule has 0 aliphatic rings. The van der Waals surface area contributed by atoms with E-state index in [1.165, 1.54) is 16.8 Å². The standard InChI is InChI=1S/C21H19N7O3/c1-27-10-3-4-16(21(27)30)20(29)25-17-6-5-15(13-23-17)31-14-7-9-22-19(12-14)24-18-8-11-28(2)26-18/h3-13H,1-2H3,(H,22,24,26)(H,23,25,29). The maximum absolute atomic E-state index is 12.3. The van der Waals surface area contributed by atoms with Crippen LogP contribution in [-0.2, 0) is 14.1 Å². The first-order valence-electron chi connectivity index (χ1n) is 9.31. The number of rotatable bonds is 6. The predicted octanol–water partition coefficient (Wildman–Crippen LogP) is 2.70. The van der Waals surface area contributed by atoms with Gasteiger partial charge in [-0.25, -0.2) is 9.97 Å². The van der Waals surface area contributed by atoms with Gasteiger partial charge in [0.2, 0.25) is 0 Å². The second kappa shape index (κ2) is 8.49. The zero-order valence-corrected chi connectivity index (χ0v) is 16.8. The van der Waals surface area contributed by atoms with Gasteiger partial charge in [-0.15, -0.1) is 0 Å². The summed E-state index contributed by atoms with van der Waals surface area (Å²) in [6.07, 6.45) is 6.50. The molecule has 4 heterocycles. The Hall–Kier alpha value is -4.47. The third-order valence-electron chi connectivity index (χ3n) is 4.28. The Morgan fingerprint density at radius 2 is 1.84 bits per heavy atom. The van der Waals surface area contributed by atoms with E-state index in [-0.39, 0.29) is 11.1 Å². The van der Waals surface area contributed by atoms with Crippen LogP contribution in [0.5, 0.6) is 11.5 Å². The minimum absolute atomic E-state index is 0.0387. The molecular formula is C21H19N7O3. The number of hydrogen-bond acceptors (Lipinski definition) is 7. The third kappa shape index (κ3) is 4.75. The first kappa shape index (κ1) is 19.8. The van der Waals surface area contributed by atoms with Gasteiger partial charge < -0.3 is 19.9 Å². The summed E-state index contributed by atoms with van der Waals surface area (Å²) in [4.78, 5) is 32.8. The maximum atomic E-state index is 12.3. The zero-order chi connectivity index (χ0) is 21.8. The van der Waals surface area contributed by atoms with E-state index in [0.29, 0.717) is 29.0 Å². The van der Waals surface area contributed by atoms with Crippen LogP contribution in [0.2, 0.25) is 0 Å². The van der Waals surface area contributed by atoms with Gasteiger partial charge in [0.1, 0.15) is 28.7 Å². The van der Waals surface area contributed by atoms with Gasteiger partial charge in [0.25, 0.3) is 11.5 Å². The van der Waals surface area contributed by atoms with E-state index in [0.717, 1.165) is 0 Å². The van der Waals surface area contributed by atoms with Gasteiger partial charge >= 0.3 is 0 Å². The highest BCUT2D eigenvalue weighted by Gasteiger charge is 2.12. The number of amides is 1. The molecule has 0 spiro atoms. The smallest absolute Gasteiger partial charge is 0.263 e. The quantitative estimate of drug-likeness (QED) is 0.495. The lowest BCUT2D eigenvalue weighted by molar-refractivity contribution is 0.102. The Labute approximate surface area is 177 Å². The van der Waals surface area contributed by atoms with Crippen molar-refractivity contribution in [1.82, 2.24) is 24.3 Å². The van der Waals surface area contributed by atoms with Crippen molar-refractivity contribution < 1.29 is 9.53 Å². The number of carbonyl (C=O) groups is 1. The summed E-state index contributed by atoms with van der Waals surface area (Å²) in [5.41, 5.74) is -0.343. The zero-order valence-electron chi connectivity index (χ0n) is 16.8. The lowest BCUT2D eigenvalue weighted by Crippen LogP contribution is -2.27. The molecule has 4 rings (SSSR count). The number of carbonyl (C=O) groups excluding carboxylic acids is 1. The Balaban J connectivity index is 1.42. The Bertz CT molecular complexity index is 1280. The summed E-state index contributed by atoms with van der Waals surface area (Å²) in [7, 11) is 3.41. The molecule has 10 heteroatoms. The van der Waals surface area contributed by atoms with E-state index < -0.39 is 5.91 Å². The monoisotopic (exact) mass is 417 g/mol. The number of aromatic nitrogens is 5. The molecule has 1 amide bonds. The van der Waals surface area contributed by atoms with Crippen LogP contribution in [0.15, 0.2) is 72.0 Å². The second-order valence-corrected chi connectivity index (χ2v) is 6.65. The van der Waals surface area contributed by atoms with Crippen molar-refractivity contribution in [1.29, 1.82) is 0 Å². The molecule has 0 bridgehead atoms. The molecule has 31 heavy (non-hydrogen) atoms. The summed E-state index contributed by atoms with van der Waals surface area (Å²) in [5, 5.41) is 9.94. The summed E-state index contributed by atoms with van der Waals surface area (Å²) in [6, 6.07) is 11.6. The molecule has 0 fully saturated rings. The predicted molar refractivity (Wildman–Crippen MR) is 115 cm³/mol. The molecule has 0 aromatic carbocycles. The van der Waals surface area contributed by atoms with Gasteiger partial charge in [0.15, 0.2) is 5.82 Å². The topological polar surface area (TPSA) is 116 Å². The van der Waals surface area contributed by atoms with Crippen molar-refractivity contribution in [3.05, 3.63) is 83.2 Å². The van der Waals surface area contributed by atoms with Crippen molar-refractivity contribution in [3.8, 4) is 11.5 Å². The van der Waals surface area contributed by atoms with Crippen LogP contribution >= 0.6 is 0 Å². The van der Waals surface area contributed by atoms with Gasteiger partial charge in [-0.05, 0) is 30.3 Å². The van der Waals surface area contributed by atoms with Crippen molar-refractivity contribution in [2.75, 3.05) is 10.6 Å². The first-order valence-corrected chi connectivity index (χ1v) is 9.31. The van der Waals surface area contributed by atoms with Crippen LogP contribution in [0, 0.1) is 0 Å². The van der Waals surface area contributed by atoms with Crippen LogP contribution in [-0.4, -0.2) is 30.2 Å². The highest BCUT2D eigenvalue weighted by molar-refractivity contribution is 6.03. The van der Waals surface area contributed by atoms with Crippen molar-refractivity contribution >= 4 is 23.4 Å². The average molecular weight is 417 g/mol. The van der Waals surface area contributed by atoms with E-state index in [2.05, 4.69) is 25.7 Å². The lowest BCUT2D eigenvalue weighted by atomic mass is 10.2. The van der Waals surface area contributed by atoms with Crippen LogP contribution in [0.3, 0.4) is 0 Å². The number of nitrogens with zero attached hydrogens (tertiary/aromatic N) is 5. The fourth-order valence-corrected chi connectivity index (χ4v) is 2.76. The Morgan fingerprint density at radius 1 is 0.968 bits per heavy atom. The number of ether oxygens (including phenoxy) is 1. The van der Waals surface area contributed by atoms with Gasteiger partial charge in [-0.3, -0.25) is 14.3 Å². The van der Waals surface area contributed by atoms with E-state index in [4.69, 9.17) is 4.74 Å². The van der Waals surface area contributed by atoms with Crippen LogP contribution in [0.1, 0.15) is 10.4 Å². The van der Waals surface area contributed by atoms with Gasteiger partial charge in [0, 0.05) is 44.8 Å². The fourth-order valence-electron chi connectivity index (χ4n) is 2.76. The lowest BCUT2D eigenvalue weighted by Gasteiger charge is -2.09. The molecule has 2 N–H and O–H groups in total. The largest absolute Gasteiger partial charge is 0.456 e. The third-order valence-corrected chi connectivity index (χ3v) is 4.28. The normalized spacial score (nSPS) is 10.5. The second-order valence-electron chi connectivity index (χ2n) is 6.65. The van der Waals surface area contributed by atoms with E-state index >= 15 is 0 Å². The summed E-state index contributed by atoms with van der Waals surface area (Å²) in [5.74, 6) is 2.06. The molecule has 10 nitrogen and oxygen atoms in total. The molecule has 0 atom stereocenters. The fraction of sp³-hybridized carbons (Fsp3) is 0.0952. The molecule has 4 aromatic rings. The molecule has 0 saturated carbocycles. The number of hydrogen-bond donors (Lipinski definition) is 2. The van der Waals surface area contributed by atoms with E-state index in [1.54, 1.807) is 54.5 Å². The summed E-state index contributed by atoms with van der Waals surface area (Å²) >= 11 is 0. The molecule has 0 radical (unpaired) electrons. The van der Waals surface area contributed by atoms with E-state index in [9.17, 15) is 9.59 Å². The summed E-state index contributed by atoms with van der Waals surface area (Å²) in [6.45, 7) is 0. The maximum Gasteiger partial charge on any atom is 0.263 e. The van der Waals surface area contributed by atoms with Crippen LogP contribution in [0.25, 0.3) is 0 Å². The number of aryl methyl sites for hydroxylation is 2. The SMILES string of the molecule is Cn1ccc(Nc2cc(Oc3ccc(NC(=O)c4cccn(C)c4=O)nc3)ccn2)n1. The first-order chi connectivity index (χ1) is 15.0. The minimum Gasteiger partial charge on any atom is -0.456 e. The van der Waals surface area contributed by atoms with Crippen LogP contribution < -0.4 is 20.9 Å². The minimum atomic E-state index is -0.526. The number of anilines is 3. The highest BCUT2D eigenvalue weighted by Crippen LogP contribution is 2.24. The van der Waals surface area contributed by atoms with Gasteiger partial charge in [-0.2, -0.15) is 5.10 Å². The van der Waals surface area contributed by atoms with Crippen molar-refractivity contribution in [2.45, 2.75) is 0 Å². The number of nitrogens with one attached hydrogen (secondary N) is 2.